The predicted molar refractivity (Wildman–Crippen MR) is 133 cm³/mol. The summed E-state index contributed by atoms with van der Waals surface area (Å²) in [6.07, 6.45) is 7.16. The van der Waals surface area contributed by atoms with Crippen LogP contribution < -0.4 is 15.5 Å². The van der Waals surface area contributed by atoms with Gasteiger partial charge in [0, 0.05) is 29.1 Å². The minimum Gasteiger partial charge on any atom is -0.351 e. The second kappa shape index (κ2) is 11.3. The molecule has 1 saturated carbocycles. The SMILES string of the molecule is O=C(NCC(=O)N(c1ccc(Cl)cc1)[C@H](C(=O)NC1CCCC1)c1ccncc1)c1cccs1. The maximum absolute atomic E-state index is 13.6. The minimum absolute atomic E-state index is 0.0811. The third kappa shape index (κ3) is 5.81. The number of rotatable bonds is 8. The van der Waals surface area contributed by atoms with Gasteiger partial charge in [0.1, 0.15) is 6.04 Å². The van der Waals surface area contributed by atoms with Gasteiger partial charge in [-0.3, -0.25) is 24.3 Å². The summed E-state index contributed by atoms with van der Waals surface area (Å²) in [7, 11) is 0. The van der Waals surface area contributed by atoms with Crippen LogP contribution in [0.15, 0.2) is 66.3 Å². The number of amides is 3. The number of hydrogen-bond donors (Lipinski definition) is 2. The van der Waals surface area contributed by atoms with E-state index in [9.17, 15) is 14.4 Å². The van der Waals surface area contributed by atoms with Crippen molar-refractivity contribution in [1.29, 1.82) is 0 Å². The molecule has 2 N–H and O–H groups in total. The monoisotopic (exact) mass is 496 g/mol. The summed E-state index contributed by atoms with van der Waals surface area (Å²) in [6, 6.07) is 12.8. The Morgan fingerprint density at radius 1 is 1.06 bits per heavy atom. The molecule has 1 aliphatic rings. The van der Waals surface area contributed by atoms with Gasteiger partial charge in [0.05, 0.1) is 11.4 Å². The Kier molecular flexibility index (Phi) is 7.92. The van der Waals surface area contributed by atoms with E-state index < -0.39 is 11.9 Å². The number of halogens is 1. The van der Waals surface area contributed by atoms with Crippen LogP contribution in [0.3, 0.4) is 0 Å². The fraction of sp³-hybridized carbons (Fsp3) is 0.280. The average Bonchev–Trinajstić information content (AvgIpc) is 3.57. The zero-order chi connectivity index (χ0) is 23.9. The summed E-state index contributed by atoms with van der Waals surface area (Å²) >= 11 is 7.37. The summed E-state index contributed by atoms with van der Waals surface area (Å²) in [5, 5.41) is 8.10. The van der Waals surface area contributed by atoms with Gasteiger partial charge in [-0.05, 0) is 66.2 Å². The van der Waals surface area contributed by atoms with E-state index in [4.69, 9.17) is 11.6 Å². The molecule has 0 spiro atoms. The van der Waals surface area contributed by atoms with Crippen LogP contribution in [-0.4, -0.2) is 35.3 Å². The first kappa shape index (κ1) is 23.9. The van der Waals surface area contributed by atoms with Crippen molar-refractivity contribution in [1.82, 2.24) is 15.6 Å². The minimum atomic E-state index is -0.934. The van der Waals surface area contributed by atoms with Crippen molar-refractivity contribution >= 4 is 46.3 Å². The molecule has 34 heavy (non-hydrogen) atoms. The second-order valence-electron chi connectivity index (χ2n) is 8.07. The summed E-state index contributed by atoms with van der Waals surface area (Å²) in [5.41, 5.74) is 1.13. The Morgan fingerprint density at radius 2 is 1.76 bits per heavy atom. The van der Waals surface area contributed by atoms with Crippen LogP contribution >= 0.6 is 22.9 Å². The third-order valence-corrected chi connectivity index (χ3v) is 6.87. The molecule has 1 fully saturated rings. The Bertz CT molecular complexity index is 1120. The van der Waals surface area contributed by atoms with Crippen molar-refractivity contribution in [3.63, 3.8) is 0 Å². The number of nitrogens with one attached hydrogen (secondary N) is 2. The fourth-order valence-corrected chi connectivity index (χ4v) is 4.85. The van der Waals surface area contributed by atoms with Gasteiger partial charge < -0.3 is 10.6 Å². The van der Waals surface area contributed by atoms with Crippen LogP contribution in [0.4, 0.5) is 5.69 Å². The Labute approximate surface area is 207 Å². The van der Waals surface area contributed by atoms with E-state index in [-0.39, 0.29) is 24.4 Å². The first-order valence-corrected chi connectivity index (χ1v) is 12.4. The molecule has 9 heteroatoms. The highest BCUT2D eigenvalue weighted by molar-refractivity contribution is 7.12. The van der Waals surface area contributed by atoms with Crippen molar-refractivity contribution in [2.45, 2.75) is 37.8 Å². The number of benzene rings is 1. The van der Waals surface area contributed by atoms with E-state index >= 15 is 0 Å². The van der Waals surface area contributed by atoms with E-state index in [1.54, 1.807) is 66.3 Å². The molecular formula is C25H25ClN4O3S. The molecule has 176 valence electrons. The largest absolute Gasteiger partial charge is 0.351 e. The lowest BCUT2D eigenvalue weighted by Gasteiger charge is -2.32. The molecule has 1 atom stereocenters. The van der Waals surface area contributed by atoms with Gasteiger partial charge >= 0.3 is 0 Å². The third-order valence-electron chi connectivity index (χ3n) is 5.75. The highest BCUT2D eigenvalue weighted by Gasteiger charge is 2.34. The summed E-state index contributed by atoms with van der Waals surface area (Å²) in [6.45, 7) is -0.266. The molecule has 0 bridgehead atoms. The Balaban J connectivity index is 1.65. The van der Waals surface area contributed by atoms with Crippen LogP contribution in [0, 0.1) is 0 Å². The molecule has 3 amide bonds. The van der Waals surface area contributed by atoms with Crippen LogP contribution in [0.2, 0.25) is 5.02 Å². The van der Waals surface area contributed by atoms with Crippen molar-refractivity contribution in [3.05, 3.63) is 81.8 Å². The highest BCUT2D eigenvalue weighted by Crippen LogP contribution is 2.30. The quantitative estimate of drug-likeness (QED) is 0.484. The molecule has 0 aliphatic heterocycles. The molecular weight excluding hydrogens is 472 g/mol. The van der Waals surface area contributed by atoms with Crippen LogP contribution in [0.25, 0.3) is 0 Å². The maximum atomic E-state index is 13.6. The lowest BCUT2D eigenvalue weighted by Crippen LogP contribution is -2.49. The maximum Gasteiger partial charge on any atom is 0.261 e. The predicted octanol–water partition coefficient (Wildman–Crippen LogP) is 4.36. The van der Waals surface area contributed by atoms with Gasteiger partial charge in [0.2, 0.25) is 11.8 Å². The number of thiophene rings is 1. The lowest BCUT2D eigenvalue weighted by molar-refractivity contribution is -0.126. The first-order valence-electron chi connectivity index (χ1n) is 11.1. The molecule has 3 aromatic rings. The van der Waals surface area contributed by atoms with Gasteiger partial charge in [0.25, 0.3) is 5.91 Å². The molecule has 1 aromatic carbocycles. The van der Waals surface area contributed by atoms with Gasteiger partial charge in [-0.15, -0.1) is 11.3 Å². The number of carbonyl (C=O) groups excluding carboxylic acids is 3. The van der Waals surface area contributed by atoms with Crippen molar-refractivity contribution < 1.29 is 14.4 Å². The Hall–Kier alpha value is -3.23. The van der Waals surface area contributed by atoms with Gasteiger partial charge in [0.15, 0.2) is 0 Å². The number of pyridine rings is 1. The van der Waals surface area contributed by atoms with Gasteiger partial charge in [-0.1, -0.05) is 30.5 Å². The Morgan fingerprint density at radius 3 is 2.41 bits per heavy atom. The zero-order valence-corrected chi connectivity index (χ0v) is 20.0. The molecule has 0 saturated heterocycles. The summed E-state index contributed by atoms with van der Waals surface area (Å²) in [5.74, 6) is -1.03. The number of carbonyl (C=O) groups is 3. The average molecular weight is 497 g/mol. The second-order valence-corrected chi connectivity index (χ2v) is 9.46. The smallest absolute Gasteiger partial charge is 0.261 e. The standard InChI is InChI=1S/C25H25ClN4O3S/c26-18-7-9-20(10-8-18)30(22(31)16-28-24(32)21-6-3-15-34-21)23(17-11-13-27-14-12-17)25(33)29-19-4-1-2-5-19/h3,6-15,19,23H,1-2,4-5,16H2,(H,28,32)(H,29,33)/t23-/m0/s1. The van der Waals surface area contributed by atoms with Crippen LogP contribution in [0.5, 0.6) is 0 Å². The van der Waals surface area contributed by atoms with Crippen LogP contribution in [0.1, 0.15) is 47.0 Å². The molecule has 7 nitrogen and oxygen atoms in total. The lowest BCUT2D eigenvalue weighted by atomic mass is 10.0. The van der Waals surface area contributed by atoms with Crippen molar-refractivity contribution in [2.24, 2.45) is 0 Å². The molecule has 1 aliphatic carbocycles. The van der Waals surface area contributed by atoms with E-state index in [1.165, 1.54) is 16.2 Å². The van der Waals surface area contributed by atoms with E-state index in [0.29, 0.717) is 21.2 Å². The fourth-order valence-electron chi connectivity index (χ4n) is 4.09. The van der Waals surface area contributed by atoms with Crippen LogP contribution in [-0.2, 0) is 9.59 Å². The molecule has 2 heterocycles. The van der Waals surface area contributed by atoms with E-state index in [2.05, 4.69) is 15.6 Å². The number of nitrogens with zero attached hydrogens (tertiary/aromatic N) is 2. The van der Waals surface area contributed by atoms with Gasteiger partial charge in [-0.2, -0.15) is 0 Å². The van der Waals surface area contributed by atoms with Crippen molar-refractivity contribution in [3.8, 4) is 0 Å². The molecule has 2 aromatic heterocycles. The molecule has 4 rings (SSSR count). The number of aromatic nitrogens is 1. The number of hydrogen-bond acceptors (Lipinski definition) is 5. The van der Waals surface area contributed by atoms with Gasteiger partial charge in [-0.25, -0.2) is 0 Å². The van der Waals surface area contributed by atoms with E-state index in [1.807, 2.05) is 0 Å². The van der Waals surface area contributed by atoms with Crippen molar-refractivity contribution in [2.75, 3.05) is 11.4 Å². The normalized spacial score (nSPS) is 14.4. The first-order chi connectivity index (χ1) is 16.5. The molecule has 0 radical (unpaired) electrons. The molecule has 0 unspecified atom stereocenters. The van der Waals surface area contributed by atoms with E-state index in [0.717, 1.165) is 25.7 Å². The number of anilines is 1. The zero-order valence-electron chi connectivity index (χ0n) is 18.4. The summed E-state index contributed by atoms with van der Waals surface area (Å²) in [4.78, 5) is 45.5. The topological polar surface area (TPSA) is 91.4 Å². The summed E-state index contributed by atoms with van der Waals surface area (Å²) < 4.78 is 0. The highest BCUT2D eigenvalue weighted by atomic mass is 35.5.